The van der Waals surface area contributed by atoms with E-state index in [0.717, 1.165) is 30.0 Å². The summed E-state index contributed by atoms with van der Waals surface area (Å²) in [5.41, 5.74) is 1.04. The van der Waals surface area contributed by atoms with Crippen molar-refractivity contribution in [2.24, 2.45) is 11.8 Å². The molecule has 1 aliphatic carbocycles. The quantitative estimate of drug-likeness (QED) is 0.833. The Labute approximate surface area is 86.8 Å². The zero-order chi connectivity index (χ0) is 10.1. The van der Waals surface area contributed by atoms with Crippen molar-refractivity contribution in [3.63, 3.8) is 0 Å². The molecule has 2 rings (SSSR count). The van der Waals surface area contributed by atoms with Crippen LogP contribution in [0.2, 0.25) is 0 Å². The van der Waals surface area contributed by atoms with Gasteiger partial charge in [-0.25, -0.2) is 4.98 Å². The van der Waals surface area contributed by atoms with Gasteiger partial charge in [0.2, 0.25) is 0 Å². The SMILES string of the molecule is Cc1csc(CC2CCC2C(=O)O)n1. The maximum absolute atomic E-state index is 10.8. The monoisotopic (exact) mass is 211 g/mol. The average molecular weight is 211 g/mol. The van der Waals surface area contributed by atoms with Gasteiger partial charge in [-0.1, -0.05) is 0 Å². The molecule has 0 aromatic carbocycles. The van der Waals surface area contributed by atoms with Crippen molar-refractivity contribution in [2.45, 2.75) is 26.2 Å². The molecule has 0 aliphatic heterocycles. The fourth-order valence-electron chi connectivity index (χ4n) is 1.86. The molecule has 76 valence electrons. The second-order valence-electron chi connectivity index (χ2n) is 3.87. The van der Waals surface area contributed by atoms with Crippen molar-refractivity contribution in [3.8, 4) is 0 Å². The van der Waals surface area contributed by atoms with Crippen LogP contribution in [0.25, 0.3) is 0 Å². The highest BCUT2D eigenvalue weighted by Crippen LogP contribution is 2.37. The van der Waals surface area contributed by atoms with E-state index in [1.54, 1.807) is 11.3 Å². The van der Waals surface area contributed by atoms with Gasteiger partial charge in [0.1, 0.15) is 0 Å². The average Bonchev–Trinajstić information content (AvgIpc) is 2.44. The predicted octanol–water partition coefficient (Wildman–Crippen LogP) is 2.10. The van der Waals surface area contributed by atoms with Crippen LogP contribution in [0.15, 0.2) is 5.38 Å². The molecular weight excluding hydrogens is 198 g/mol. The third-order valence-corrected chi connectivity index (χ3v) is 3.83. The number of carboxylic acid groups (broad SMARTS) is 1. The lowest BCUT2D eigenvalue weighted by Crippen LogP contribution is -2.34. The minimum atomic E-state index is -0.644. The molecule has 0 radical (unpaired) electrons. The molecule has 0 amide bonds. The van der Waals surface area contributed by atoms with Crippen molar-refractivity contribution >= 4 is 17.3 Å². The number of nitrogens with zero attached hydrogens (tertiary/aromatic N) is 1. The van der Waals surface area contributed by atoms with E-state index >= 15 is 0 Å². The Bertz CT molecular complexity index is 348. The Morgan fingerprint density at radius 3 is 2.93 bits per heavy atom. The maximum atomic E-state index is 10.8. The molecule has 3 nitrogen and oxygen atoms in total. The minimum absolute atomic E-state index is 0.126. The van der Waals surface area contributed by atoms with Crippen LogP contribution in [0, 0.1) is 18.8 Å². The van der Waals surface area contributed by atoms with Gasteiger partial charge < -0.3 is 5.11 Å². The largest absolute Gasteiger partial charge is 0.481 e. The van der Waals surface area contributed by atoms with E-state index in [2.05, 4.69) is 4.98 Å². The molecule has 1 heterocycles. The summed E-state index contributed by atoms with van der Waals surface area (Å²) in [7, 11) is 0. The number of carbonyl (C=O) groups is 1. The van der Waals surface area contributed by atoms with Gasteiger partial charge in [-0.2, -0.15) is 0 Å². The highest BCUT2D eigenvalue weighted by atomic mass is 32.1. The number of aromatic nitrogens is 1. The molecule has 0 saturated heterocycles. The minimum Gasteiger partial charge on any atom is -0.481 e. The Kier molecular flexibility index (Phi) is 2.54. The molecule has 0 bridgehead atoms. The summed E-state index contributed by atoms with van der Waals surface area (Å²) in [6.07, 6.45) is 2.72. The fourth-order valence-corrected chi connectivity index (χ4v) is 2.73. The van der Waals surface area contributed by atoms with Crippen LogP contribution in [-0.2, 0) is 11.2 Å². The summed E-state index contributed by atoms with van der Waals surface area (Å²) >= 11 is 1.64. The molecule has 4 heteroatoms. The van der Waals surface area contributed by atoms with E-state index in [4.69, 9.17) is 5.11 Å². The van der Waals surface area contributed by atoms with Gasteiger partial charge in [0.25, 0.3) is 0 Å². The first-order valence-corrected chi connectivity index (χ1v) is 5.68. The van der Waals surface area contributed by atoms with Gasteiger partial charge in [0, 0.05) is 17.5 Å². The second kappa shape index (κ2) is 3.69. The lowest BCUT2D eigenvalue weighted by Gasteiger charge is -2.32. The molecular formula is C10H13NO2S. The van der Waals surface area contributed by atoms with E-state index < -0.39 is 5.97 Å². The number of hydrogen-bond donors (Lipinski definition) is 1. The number of carboxylic acids is 1. The Balaban J connectivity index is 1.95. The molecule has 1 aromatic rings. The van der Waals surface area contributed by atoms with Gasteiger partial charge >= 0.3 is 5.97 Å². The Morgan fingerprint density at radius 1 is 1.71 bits per heavy atom. The van der Waals surface area contributed by atoms with Crippen LogP contribution in [-0.4, -0.2) is 16.1 Å². The van der Waals surface area contributed by atoms with E-state index in [1.165, 1.54) is 0 Å². The number of aliphatic carboxylic acids is 1. The van der Waals surface area contributed by atoms with Crippen LogP contribution in [0.1, 0.15) is 23.5 Å². The molecule has 1 N–H and O–H groups in total. The maximum Gasteiger partial charge on any atom is 0.306 e. The van der Waals surface area contributed by atoms with E-state index in [9.17, 15) is 4.79 Å². The highest BCUT2D eigenvalue weighted by Gasteiger charge is 2.36. The standard InChI is InChI=1S/C10H13NO2S/c1-6-5-14-9(11-6)4-7-2-3-8(7)10(12)13/h5,7-8H,2-4H2,1H3,(H,12,13). The van der Waals surface area contributed by atoms with Gasteiger partial charge in [-0.3, -0.25) is 4.79 Å². The van der Waals surface area contributed by atoms with E-state index in [0.29, 0.717) is 5.92 Å². The van der Waals surface area contributed by atoms with Crippen LogP contribution in [0.5, 0.6) is 0 Å². The van der Waals surface area contributed by atoms with E-state index in [-0.39, 0.29) is 5.92 Å². The summed E-state index contributed by atoms with van der Waals surface area (Å²) in [5.74, 6) is -0.452. The molecule has 2 atom stereocenters. The lowest BCUT2D eigenvalue weighted by atomic mass is 9.72. The third-order valence-electron chi connectivity index (χ3n) is 2.84. The van der Waals surface area contributed by atoms with Crippen molar-refractivity contribution in [1.29, 1.82) is 0 Å². The molecule has 14 heavy (non-hydrogen) atoms. The molecule has 1 saturated carbocycles. The zero-order valence-electron chi connectivity index (χ0n) is 8.06. The summed E-state index contributed by atoms with van der Waals surface area (Å²) in [6.45, 7) is 1.97. The molecule has 1 aliphatic rings. The Morgan fingerprint density at radius 2 is 2.50 bits per heavy atom. The summed E-state index contributed by atoms with van der Waals surface area (Å²) in [6, 6.07) is 0. The summed E-state index contributed by atoms with van der Waals surface area (Å²) < 4.78 is 0. The van der Waals surface area contributed by atoms with Crippen molar-refractivity contribution in [1.82, 2.24) is 4.98 Å². The van der Waals surface area contributed by atoms with Crippen LogP contribution < -0.4 is 0 Å². The summed E-state index contributed by atoms with van der Waals surface area (Å²) in [5, 5.41) is 12.0. The number of hydrogen-bond acceptors (Lipinski definition) is 3. The first-order valence-electron chi connectivity index (χ1n) is 4.80. The van der Waals surface area contributed by atoms with Crippen molar-refractivity contribution < 1.29 is 9.90 Å². The fraction of sp³-hybridized carbons (Fsp3) is 0.600. The van der Waals surface area contributed by atoms with Gasteiger partial charge in [0.05, 0.1) is 10.9 Å². The molecule has 2 unspecified atom stereocenters. The molecule has 1 aromatic heterocycles. The van der Waals surface area contributed by atoms with Gasteiger partial charge in [-0.05, 0) is 25.7 Å². The Hall–Kier alpha value is -0.900. The number of thiazole rings is 1. The number of rotatable bonds is 3. The zero-order valence-corrected chi connectivity index (χ0v) is 8.88. The third kappa shape index (κ3) is 1.80. The number of aryl methyl sites for hydroxylation is 1. The topological polar surface area (TPSA) is 50.2 Å². The first kappa shape index (κ1) is 9.65. The van der Waals surface area contributed by atoms with Crippen LogP contribution in [0.4, 0.5) is 0 Å². The highest BCUT2D eigenvalue weighted by molar-refractivity contribution is 7.09. The summed E-state index contributed by atoms with van der Waals surface area (Å²) in [4.78, 5) is 15.1. The van der Waals surface area contributed by atoms with Crippen LogP contribution in [0.3, 0.4) is 0 Å². The predicted molar refractivity (Wildman–Crippen MR) is 54.4 cm³/mol. The van der Waals surface area contributed by atoms with Gasteiger partial charge in [0.15, 0.2) is 0 Å². The first-order chi connectivity index (χ1) is 6.66. The molecule has 1 fully saturated rings. The molecule has 0 spiro atoms. The van der Waals surface area contributed by atoms with Crippen molar-refractivity contribution in [3.05, 3.63) is 16.1 Å². The van der Waals surface area contributed by atoms with Gasteiger partial charge in [-0.15, -0.1) is 11.3 Å². The second-order valence-corrected chi connectivity index (χ2v) is 4.81. The smallest absolute Gasteiger partial charge is 0.306 e. The van der Waals surface area contributed by atoms with E-state index in [1.807, 2.05) is 12.3 Å². The lowest BCUT2D eigenvalue weighted by molar-refractivity contribution is -0.147. The van der Waals surface area contributed by atoms with Crippen molar-refractivity contribution in [2.75, 3.05) is 0 Å². The normalized spacial score (nSPS) is 25.8. The van der Waals surface area contributed by atoms with Crippen LogP contribution >= 0.6 is 11.3 Å².